The van der Waals surface area contributed by atoms with Crippen molar-refractivity contribution in [3.8, 4) is 0 Å². The van der Waals surface area contributed by atoms with Crippen LogP contribution in [0.2, 0.25) is 0 Å². The first-order valence-corrected chi connectivity index (χ1v) is 6.78. The second-order valence-electron chi connectivity index (χ2n) is 4.75. The molecular formula is C12H21ClN2S. The third kappa shape index (κ3) is 2.58. The second-order valence-corrected chi connectivity index (χ2v) is 5.61. The minimum atomic E-state index is -0.101. The number of aromatic nitrogens is 1. The summed E-state index contributed by atoms with van der Waals surface area (Å²) < 4.78 is 0. The molecule has 1 aliphatic rings. The van der Waals surface area contributed by atoms with Crippen LogP contribution in [0.15, 0.2) is 5.38 Å². The number of rotatable bonds is 3. The molecule has 1 aromatic heterocycles. The Bertz CT molecular complexity index is 332. The van der Waals surface area contributed by atoms with Crippen LogP contribution >= 0.6 is 23.7 Å². The zero-order valence-corrected chi connectivity index (χ0v) is 11.7. The fourth-order valence-electron chi connectivity index (χ4n) is 2.17. The molecule has 1 atom stereocenters. The van der Waals surface area contributed by atoms with Crippen LogP contribution in [-0.4, -0.2) is 4.98 Å². The summed E-state index contributed by atoms with van der Waals surface area (Å²) in [4.78, 5) is 4.73. The number of nitrogens with two attached hydrogens (primary N) is 1. The number of hydrogen-bond acceptors (Lipinski definition) is 3. The molecule has 1 unspecified atom stereocenters. The Hall–Kier alpha value is -0.120. The molecule has 1 aromatic rings. The van der Waals surface area contributed by atoms with E-state index in [1.54, 1.807) is 11.3 Å². The van der Waals surface area contributed by atoms with Gasteiger partial charge in [0.1, 0.15) is 5.01 Å². The molecule has 4 heteroatoms. The zero-order chi connectivity index (χ0) is 10.9. The topological polar surface area (TPSA) is 38.9 Å². The monoisotopic (exact) mass is 260 g/mol. The average molecular weight is 261 g/mol. The average Bonchev–Trinajstić information content (AvgIpc) is 2.85. The fraction of sp³-hybridized carbons (Fsp3) is 0.750. The number of thiazole rings is 1. The van der Waals surface area contributed by atoms with Crippen molar-refractivity contribution in [1.82, 2.24) is 4.98 Å². The molecule has 1 saturated carbocycles. The van der Waals surface area contributed by atoms with Gasteiger partial charge in [0.15, 0.2) is 0 Å². The molecule has 0 saturated heterocycles. The van der Waals surface area contributed by atoms with Crippen molar-refractivity contribution in [1.29, 1.82) is 0 Å². The first kappa shape index (κ1) is 13.9. The van der Waals surface area contributed by atoms with Crippen LogP contribution in [0.3, 0.4) is 0 Å². The Morgan fingerprint density at radius 3 is 2.69 bits per heavy atom. The van der Waals surface area contributed by atoms with Gasteiger partial charge in [0.25, 0.3) is 0 Å². The predicted molar refractivity (Wildman–Crippen MR) is 72.4 cm³/mol. The van der Waals surface area contributed by atoms with E-state index in [-0.39, 0.29) is 17.9 Å². The van der Waals surface area contributed by atoms with Crippen molar-refractivity contribution in [2.45, 2.75) is 57.4 Å². The van der Waals surface area contributed by atoms with Gasteiger partial charge in [-0.25, -0.2) is 4.98 Å². The molecule has 0 amide bonds. The van der Waals surface area contributed by atoms with E-state index in [4.69, 9.17) is 10.7 Å². The maximum atomic E-state index is 6.38. The van der Waals surface area contributed by atoms with E-state index in [0.717, 1.165) is 24.3 Å². The van der Waals surface area contributed by atoms with Gasteiger partial charge in [-0.2, -0.15) is 0 Å². The Morgan fingerprint density at radius 2 is 2.12 bits per heavy atom. The molecule has 0 bridgehead atoms. The van der Waals surface area contributed by atoms with E-state index in [2.05, 4.69) is 19.2 Å². The first-order valence-electron chi connectivity index (χ1n) is 5.90. The van der Waals surface area contributed by atoms with E-state index in [0.29, 0.717) is 5.92 Å². The van der Waals surface area contributed by atoms with Crippen LogP contribution in [-0.2, 0) is 5.54 Å². The highest BCUT2D eigenvalue weighted by atomic mass is 35.5. The Balaban J connectivity index is 0.00000128. The summed E-state index contributed by atoms with van der Waals surface area (Å²) in [6.07, 6.45) is 5.89. The van der Waals surface area contributed by atoms with E-state index < -0.39 is 0 Å². The molecular weight excluding hydrogens is 240 g/mol. The summed E-state index contributed by atoms with van der Waals surface area (Å²) in [6.45, 7) is 4.44. The minimum Gasteiger partial charge on any atom is -0.319 e. The van der Waals surface area contributed by atoms with Crippen molar-refractivity contribution in [3.05, 3.63) is 16.1 Å². The summed E-state index contributed by atoms with van der Waals surface area (Å²) in [5, 5.41) is 3.35. The van der Waals surface area contributed by atoms with Crippen LogP contribution in [0.25, 0.3) is 0 Å². The highest BCUT2D eigenvalue weighted by Crippen LogP contribution is 2.38. The maximum Gasteiger partial charge on any atom is 0.113 e. The molecule has 0 spiro atoms. The van der Waals surface area contributed by atoms with Gasteiger partial charge in [0, 0.05) is 5.38 Å². The van der Waals surface area contributed by atoms with Gasteiger partial charge in [-0.3, -0.25) is 0 Å². The van der Waals surface area contributed by atoms with Gasteiger partial charge in [-0.15, -0.1) is 23.7 Å². The van der Waals surface area contributed by atoms with Crippen LogP contribution in [0.1, 0.15) is 62.6 Å². The van der Waals surface area contributed by atoms with Crippen LogP contribution in [0.5, 0.6) is 0 Å². The van der Waals surface area contributed by atoms with Crippen molar-refractivity contribution >= 4 is 23.7 Å². The van der Waals surface area contributed by atoms with E-state index >= 15 is 0 Å². The lowest BCUT2D eigenvalue weighted by molar-refractivity contribution is 0.457. The number of halogens is 1. The van der Waals surface area contributed by atoms with Gasteiger partial charge in [0.2, 0.25) is 0 Å². The Labute approximate surface area is 108 Å². The SMILES string of the molecule is CCC(C)c1csc(C2(N)CCCC2)n1.Cl. The van der Waals surface area contributed by atoms with Gasteiger partial charge >= 0.3 is 0 Å². The molecule has 1 fully saturated rings. The molecule has 0 aromatic carbocycles. The molecule has 92 valence electrons. The van der Waals surface area contributed by atoms with Crippen LogP contribution in [0.4, 0.5) is 0 Å². The quantitative estimate of drug-likeness (QED) is 0.898. The Morgan fingerprint density at radius 1 is 1.50 bits per heavy atom. The van der Waals surface area contributed by atoms with Crippen molar-refractivity contribution in [3.63, 3.8) is 0 Å². The number of hydrogen-bond donors (Lipinski definition) is 1. The largest absolute Gasteiger partial charge is 0.319 e. The van der Waals surface area contributed by atoms with Crippen LogP contribution < -0.4 is 5.73 Å². The highest BCUT2D eigenvalue weighted by Gasteiger charge is 2.34. The lowest BCUT2D eigenvalue weighted by atomic mass is 10.00. The van der Waals surface area contributed by atoms with E-state index in [1.807, 2.05) is 0 Å². The molecule has 0 radical (unpaired) electrons. The minimum absolute atomic E-state index is 0. The summed E-state index contributed by atoms with van der Waals surface area (Å²) in [5.41, 5.74) is 7.51. The smallest absolute Gasteiger partial charge is 0.113 e. The standard InChI is InChI=1S/C12H20N2S.ClH/c1-3-9(2)10-8-15-11(14-10)12(13)6-4-5-7-12;/h8-9H,3-7,13H2,1-2H3;1H. The normalized spacial score (nSPS) is 20.4. The second kappa shape index (κ2) is 5.48. The third-order valence-corrected chi connectivity index (χ3v) is 4.64. The van der Waals surface area contributed by atoms with Gasteiger partial charge in [-0.05, 0) is 25.2 Å². The molecule has 2 nitrogen and oxygen atoms in total. The third-order valence-electron chi connectivity index (χ3n) is 3.56. The molecule has 2 rings (SSSR count). The van der Waals surface area contributed by atoms with Gasteiger partial charge < -0.3 is 5.73 Å². The first-order chi connectivity index (χ1) is 7.15. The fourth-order valence-corrected chi connectivity index (χ4v) is 3.28. The maximum absolute atomic E-state index is 6.38. The molecule has 1 heterocycles. The Kier molecular flexibility index (Phi) is 4.77. The van der Waals surface area contributed by atoms with Crippen molar-refractivity contribution in [2.75, 3.05) is 0 Å². The summed E-state index contributed by atoms with van der Waals surface area (Å²) in [7, 11) is 0. The molecule has 1 aliphatic carbocycles. The van der Waals surface area contributed by atoms with Crippen LogP contribution in [0, 0.1) is 0 Å². The molecule has 16 heavy (non-hydrogen) atoms. The van der Waals surface area contributed by atoms with Gasteiger partial charge in [-0.1, -0.05) is 26.7 Å². The molecule has 0 aliphatic heterocycles. The van der Waals surface area contributed by atoms with E-state index in [1.165, 1.54) is 18.5 Å². The van der Waals surface area contributed by atoms with E-state index in [9.17, 15) is 0 Å². The van der Waals surface area contributed by atoms with Crippen molar-refractivity contribution < 1.29 is 0 Å². The summed E-state index contributed by atoms with van der Waals surface area (Å²) in [6, 6.07) is 0. The lowest BCUT2D eigenvalue weighted by Crippen LogP contribution is -2.32. The lowest BCUT2D eigenvalue weighted by Gasteiger charge is -2.20. The van der Waals surface area contributed by atoms with Crippen molar-refractivity contribution in [2.24, 2.45) is 5.73 Å². The summed E-state index contributed by atoms with van der Waals surface area (Å²) >= 11 is 1.75. The summed E-state index contributed by atoms with van der Waals surface area (Å²) in [5.74, 6) is 0.569. The highest BCUT2D eigenvalue weighted by molar-refractivity contribution is 7.09. The molecule has 2 N–H and O–H groups in total. The predicted octanol–water partition coefficient (Wildman–Crippen LogP) is 3.81. The zero-order valence-electron chi connectivity index (χ0n) is 10.0. The van der Waals surface area contributed by atoms with Gasteiger partial charge in [0.05, 0.1) is 11.2 Å². The number of nitrogens with zero attached hydrogens (tertiary/aromatic N) is 1.